The summed E-state index contributed by atoms with van der Waals surface area (Å²) in [6, 6.07) is 13.4. The van der Waals surface area contributed by atoms with E-state index in [9.17, 15) is 14.4 Å². The first kappa shape index (κ1) is 31.6. The van der Waals surface area contributed by atoms with E-state index in [-0.39, 0.29) is 12.5 Å². The molecule has 0 atom stereocenters. The predicted molar refractivity (Wildman–Crippen MR) is 182 cm³/mol. The van der Waals surface area contributed by atoms with E-state index in [0.29, 0.717) is 16.6 Å². The molecule has 0 unspecified atom stereocenters. The van der Waals surface area contributed by atoms with Crippen LogP contribution in [-0.4, -0.2) is 45.5 Å². The van der Waals surface area contributed by atoms with Crippen LogP contribution in [0.25, 0.3) is 43.6 Å². The minimum atomic E-state index is -0.682. The van der Waals surface area contributed by atoms with Gasteiger partial charge < -0.3 is 14.0 Å². The van der Waals surface area contributed by atoms with Crippen LogP contribution in [0, 0.1) is 13.8 Å². The van der Waals surface area contributed by atoms with Crippen molar-refractivity contribution in [2.24, 2.45) is 0 Å². The second kappa shape index (κ2) is 12.4. The lowest BCUT2D eigenvalue weighted by atomic mass is 9.81. The Hall–Kier alpha value is -4.37. The highest BCUT2D eigenvalue weighted by Crippen LogP contribution is 2.46. The quantitative estimate of drug-likeness (QED) is 0.130. The van der Waals surface area contributed by atoms with Crippen molar-refractivity contribution in [1.82, 2.24) is 14.5 Å². The van der Waals surface area contributed by atoms with Crippen molar-refractivity contribution in [3.05, 3.63) is 69.9 Å². The number of nitrogens with zero attached hydrogens (tertiary/aromatic N) is 3. The summed E-state index contributed by atoms with van der Waals surface area (Å²) in [6.45, 7) is 9.39. The van der Waals surface area contributed by atoms with E-state index in [1.54, 1.807) is 23.5 Å². The number of methoxy groups -OCH3 is 1. The first-order valence-electron chi connectivity index (χ1n) is 15.8. The van der Waals surface area contributed by atoms with E-state index >= 15 is 0 Å². The fourth-order valence-electron chi connectivity index (χ4n) is 6.77. The normalized spacial score (nSPS) is 14.1. The number of fused-ring (bicyclic) bond motifs is 2. The second-order valence-corrected chi connectivity index (χ2v) is 14.3. The lowest BCUT2D eigenvalue weighted by molar-refractivity contribution is -0.155. The molecule has 1 fully saturated rings. The van der Waals surface area contributed by atoms with Crippen molar-refractivity contribution < 1.29 is 23.9 Å². The molecule has 9 heteroatoms. The number of aryl methyl sites for hydroxylation is 2. The Balaban J connectivity index is 1.63. The molecule has 5 aromatic rings. The maximum Gasteiger partial charge on any atom is 0.337 e. The van der Waals surface area contributed by atoms with Crippen LogP contribution in [0.3, 0.4) is 0 Å². The van der Waals surface area contributed by atoms with Gasteiger partial charge in [0.15, 0.2) is 6.29 Å². The largest absolute Gasteiger partial charge is 0.465 e. The number of rotatable bonds is 7. The SMILES string of the molecule is COC(=O)c1ccc2c(C3CCCCC3)c(-c3cc4ccc(-c5sc(C)nc5C)nc4cc3C=O)n(CC(=O)OC(C)(C)C)c2c1. The molecule has 46 heavy (non-hydrogen) atoms. The molecular weight excluding hydrogens is 598 g/mol. The maximum atomic E-state index is 13.5. The molecule has 2 aromatic carbocycles. The first-order chi connectivity index (χ1) is 22.0. The fourth-order valence-corrected chi connectivity index (χ4v) is 7.66. The van der Waals surface area contributed by atoms with E-state index in [1.807, 2.05) is 69.5 Å². The van der Waals surface area contributed by atoms with Crippen LogP contribution in [-0.2, 0) is 20.8 Å². The average Bonchev–Trinajstić information content (AvgIpc) is 3.54. The van der Waals surface area contributed by atoms with Gasteiger partial charge in [-0.25, -0.2) is 14.8 Å². The smallest absolute Gasteiger partial charge is 0.337 e. The number of hydrogen-bond acceptors (Lipinski definition) is 8. The lowest BCUT2D eigenvalue weighted by Crippen LogP contribution is -2.26. The number of aromatic nitrogens is 3. The van der Waals surface area contributed by atoms with Crippen LogP contribution in [0.4, 0.5) is 0 Å². The highest BCUT2D eigenvalue weighted by molar-refractivity contribution is 7.15. The molecule has 0 aliphatic heterocycles. The van der Waals surface area contributed by atoms with E-state index in [1.165, 1.54) is 13.5 Å². The van der Waals surface area contributed by atoms with Gasteiger partial charge in [-0.05, 0) is 89.3 Å². The van der Waals surface area contributed by atoms with Gasteiger partial charge in [0, 0.05) is 21.9 Å². The highest BCUT2D eigenvalue weighted by atomic mass is 32.1. The molecule has 6 rings (SSSR count). The number of carbonyl (C=O) groups excluding carboxylic acids is 3. The zero-order valence-corrected chi connectivity index (χ0v) is 28.0. The molecule has 1 aliphatic carbocycles. The molecule has 0 saturated heterocycles. The average molecular weight is 638 g/mol. The molecule has 3 aromatic heterocycles. The van der Waals surface area contributed by atoms with Gasteiger partial charge in [0.25, 0.3) is 0 Å². The number of carbonyl (C=O) groups is 3. The summed E-state index contributed by atoms with van der Waals surface area (Å²) >= 11 is 1.60. The van der Waals surface area contributed by atoms with Crippen LogP contribution >= 0.6 is 11.3 Å². The number of thiazole rings is 1. The van der Waals surface area contributed by atoms with Gasteiger partial charge in [0.1, 0.15) is 12.1 Å². The van der Waals surface area contributed by atoms with Crippen molar-refractivity contribution in [2.75, 3.05) is 7.11 Å². The molecule has 0 amide bonds. The molecule has 0 bridgehead atoms. The summed E-state index contributed by atoms with van der Waals surface area (Å²) in [5.41, 5.74) is 5.98. The molecular formula is C37H39N3O5S. The van der Waals surface area contributed by atoms with Crippen LogP contribution < -0.4 is 0 Å². The van der Waals surface area contributed by atoms with E-state index < -0.39 is 17.5 Å². The number of benzene rings is 2. The topological polar surface area (TPSA) is 100 Å². The number of aldehydes is 1. The zero-order valence-electron chi connectivity index (χ0n) is 27.2. The molecule has 8 nitrogen and oxygen atoms in total. The number of esters is 2. The lowest BCUT2D eigenvalue weighted by Gasteiger charge is -2.25. The van der Waals surface area contributed by atoms with Gasteiger partial charge in [-0.3, -0.25) is 9.59 Å². The predicted octanol–water partition coefficient (Wildman–Crippen LogP) is 8.59. The number of ether oxygens (including phenoxy) is 2. The van der Waals surface area contributed by atoms with Gasteiger partial charge in [-0.2, -0.15) is 0 Å². The molecule has 0 N–H and O–H groups in total. The van der Waals surface area contributed by atoms with E-state index in [4.69, 9.17) is 14.5 Å². The third-order valence-corrected chi connectivity index (χ3v) is 9.72. The fraction of sp³-hybridized carbons (Fsp3) is 0.378. The van der Waals surface area contributed by atoms with Crippen molar-refractivity contribution in [1.29, 1.82) is 0 Å². The van der Waals surface area contributed by atoms with Crippen LogP contribution in [0.1, 0.15) is 95.8 Å². The Labute approximate surface area is 272 Å². The zero-order chi connectivity index (χ0) is 32.7. The second-order valence-electron chi connectivity index (χ2n) is 13.1. The van der Waals surface area contributed by atoms with Gasteiger partial charge in [0.05, 0.1) is 50.7 Å². The van der Waals surface area contributed by atoms with Crippen molar-refractivity contribution in [3.63, 3.8) is 0 Å². The molecule has 1 saturated carbocycles. The number of hydrogen-bond donors (Lipinski definition) is 0. The third kappa shape index (κ3) is 6.08. The third-order valence-electron chi connectivity index (χ3n) is 8.62. The Kier molecular flexibility index (Phi) is 8.55. The van der Waals surface area contributed by atoms with Gasteiger partial charge >= 0.3 is 11.9 Å². The van der Waals surface area contributed by atoms with Crippen LogP contribution in [0.15, 0.2) is 42.5 Å². The molecule has 1 aliphatic rings. The standard InChI is InChI=1S/C37H39N3O5S/c1-21-35(46-22(2)38-21)29-15-13-24-16-28(26(20-41)17-30(24)39-29)34-33(23-10-8-7-9-11-23)27-14-12-25(36(43)44-6)18-31(27)40(34)19-32(42)45-37(3,4)5/h12-18,20,23H,7-11,19H2,1-6H3. The van der Waals surface area contributed by atoms with Crippen molar-refractivity contribution >= 4 is 51.4 Å². The Morgan fingerprint density at radius 2 is 1.78 bits per heavy atom. The van der Waals surface area contributed by atoms with Crippen LogP contribution in [0.2, 0.25) is 0 Å². The van der Waals surface area contributed by atoms with Gasteiger partial charge in [0.2, 0.25) is 0 Å². The Morgan fingerprint density at radius 1 is 1.02 bits per heavy atom. The van der Waals surface area contributed by atoms with Gasteiger partial charge in [-0.15, -0.1) is 11.3 Å². The summed E-state index contributed by atoms with van der Waals surface area (Å²) < 4.78 is 12.8. The maximum absolute atomic E-state index is 13.5. The molecule has 238 valence electrons. The molecule has 3 heterocycles. The minimum Gasteiger partial charge on any atom is -0.465 e. The first-order valence-corrected chi connectivity index (χ1v) is 16.6. The van der Waals surface area contributed by atoms with Gasteiger partial charge in [-0.1, -0.05) is 31.4 Å². The Bertz CT molecular complexity index is 1990. The Morgan fingerprint density at radius 3 is 2.43 bits per heavy atom. The van der Waals surface area contributed by atoms with E-state index in [2.05, 4.69) is 4.98 Å². The van der Waals surface area contributed by atoms with Crippen molar-refractivity contribution in [3.8, 4) is 21.8 Å². The molecule has 0 radical (unpaired) electrons. The van der Waals surface area contributed by atoms with E-state index in [0.717, 1.165) is 86.4 Å². The monoisotopic (exact) mass is 637 g/mol. The number of pyridine rings is 1. The minimum absolute atomic E-state index is 0.0853. The molecule has 0 spiro atoms. The van der Waals surface area contributed by atoms with Crippen molar-refractivity contribution in [2.45, 2.75) is 84.8 Å². The summed E-state index contributed by atoms with van der Waals surface area (Å²) in [7, 11) is 1.35. The summed E-state index contributed by atoms with van der Waals surface area (Å²) in [5, 5.41) is 2.81. The van der Waals surface area contributed by atoms with Crippen LogP contribution in [0.5, 0.6) is 0 Å². The summed E-state index contributed by atoms with van der Waals surface area (Å²) in [5.74, 6) is -0.636. The summed E-state index contributed by atoms with van der Waals surface area (Å²) in [4.78, 5) is 49.5. The highest BCUT2D eigenvalue weighted by Gasteiger charge is 2.30. The summed E-state index contributed by atoms with van der Waals surface area (Å²) in [6.07, 6.45) is 6.25.